The molecule has 0 atom stereocenters. The first kappa shape index (κ1) is 20.6. The summed E-state index contributed by atoms with van der Waals surface area (Å²) in [7, 11) is 1.52. The molecule has 31 heavy (non-hydrogen) atoms. The molecule has 0 fully saturated rings. The molecule has 0 spiro atoms. The van der Waals surface area contributed by atoms with E-state index in [-0.39, 0.29) is 11.5 Å². The molecule has 2 heterocycles. The summed E-state index contributed by atoms with van der Waals surface area (Å²) >= 11 is 6.14. The molecule has 0 bridgehead atoms. The molecule has 2 aromatic heterocycles. The van der Waals surface area contributed by atoms with E-state index in [0.29, 0.717) is 38.7 Å². The molecule has 0 radical (unpaired) electrons. The first-order chi connectivity index (χ1) is 14.9. The molecule has 8 heteroatoms. The Labute approximate surface area is 184 Å². The Hall–Kier alpha value is -3.71. The summed E-state index contributed by atoms with van der Waals surface area (Å²) in [5, 5.41) is 11.1. The monoisotopic (exact) mass is 433 g/mol. The Morgan fingerprint density at radius 3 is 2.52 bits per heavy atom. The fraction of sp³-hybridized carbons (Fsp3) is 0.130. The number of anilines is 1. The summed E-state index contributed by atoms with van der Waals surface area (Å²) < 4.78 is 1.52. The molecule has 0 saturated carbocycles. The van der Waals surface area contributed by atoms with E-state index in [1.807, 2.05) is 43.3 Å². The first-order valence-corrected chi connectivity index (χ1v) is 10.0. The van der Waals surface area contributed by atoms with Gasteiger partial charge in [-0.05, 0) is 49.2 Å². The summed E-state index contributed by atoms with van der Waals surface area (Å²) in [6.45, 7) is 3.72. The summed E-state index contributed by atoms with van der Waals surface area (Å²) in [6.07, 6.45) is 1.72. The highest BCUT2D eigenvalue weighted by molar-refractivity contribution is 6.31. The number of carbonyl (C=O) groups is 2. The Morgan fingerprint density at radius 2 is 1.81 bits per heavy atom. The van der Waals surface area contributed by atoms with Gasteiger partial charge in [0.2, 0.25) is 0 Å². The lowest BCUT2D eigenvalue weighted by Crippen LogP contribution is -2.23. The fourth-order valence-corrected chi connectivity index (χ4v) is 3.67. The van der Waals surface area contributed by atoms with Gasteiger partial charge in [-0.3, -0.25) is 9.59 Å². The molecule has 0 saturated heterocycles. The molecule has 2 amide bonds. The number of hydrogen-bond donors (Lipinski definition) is 2. The van der Waals surface area contributed by atoms with Crippen molar-refractivity contribution in [3.63, 3.8) is 0 Å². The van der Waals surface area contributed by atoms with E-state index in [0.717, 1.165) is 5.56 Å². The molecular weight excluding hydrogens is 414 g/mol. The van der Waals surface area contributed by atoms with Crippen LogP contribution in [0.3, 0.4) is 0 Å². The Morgan fingerprint density at radius 1 is 1.03 bits per heavy atom. The van der Waals surface area contributed by atoms with Crippen LogP contribution in [-0.4, -0.2) is 33.6 Å². The number of nitrogens with zero attached hydrogens (tertiary/aromatic N) is 3. The van der Waals surface area contributed by atoms with Crippen LogP contribution >= 0.6 is 11.6 Å². The molecular formula is C23H20ClN5O2. The first-order valence-electron chi connectivity index (χ1n) is 9.63. The predicted octanol–water partition coefficient (Wildman–Crippen LogP) is 4.30. The fourth-order valence-electron chi connectivity index (χ4n) is 3.40. The van der Waals surface area contributed by atoms with Crippen LogP contribution in [0, 0.1) is 13.8 Å². The number of aromatic nitrogens is 3. The number of benzene rings is 2. The van der Waals surface area contributed by atoms with Gasteiger partial charge < -0.3 is 10.6 Å². The van der Waals surface area contributed by atoms with Crippen LogP contribution in [0.5, 0.6) is 0 Å². The number of nitrogens with one attached hydrogen (secondary N) is 2. The average molecular weight is 434 g/mol. The molecule has 7 nitrogen and oxygen atoms in total. The van der Waals surface area contributed by atoms with Crippen molar-refractivity contribution in [2.75, 3.05) is 12.4 Å². The maximum Gasteiger partial charge on any atom is 0.275 e. The predicted molar refractivity (Wildman–Crippen MR) is 121 cm³/mol. The summed E-state index contributed by atoms with van der Waals surface area (Å²) in [5.74, 6) is -0.238. The lowest BCUT2D eigenvalue weighted by atomic mass is 10.1. The van der Waals surface area contributed by atoms with Crippen LogP contribution in [-0.2, 0) is 0 Å². The number of aryl methyl sites for hydroxylation is 2. The van der Waals surface area contributed by atoms with Gasteiger partial charge in [-0.2, -0.15) is 5.10 Å². The smallest absolute Gasteiger partial charge is 0.275 e. The zero-order valence-electron chi connectivity index (χ0n) is 17.2. The quantitative estimate of drug-likeness (QED) is 0.502. The molecule has 4 rings (SSSR count). The Bertz CT molecular complexity index is 1310. The van der Waals surface area contributed by atoms with E-state index in [2.05, 4.69) is 20.7 Å². The highest BCUT2D eigenvalue weighted by Gasteiger charge is 2.23. The highest BCUT2D eigenvalue weighted by Crippen LogP contribution is 2.28. The van der Waals surface area contributed by atoms with Crippen LogP contribution in [0.25, 0.3) is 16.7 Å². The van der Waals surface area contributed by atoms with Crippen molar-refractivity contribution in [2.45, 2.75) is 13.8 Å². The summed E-state index contributed by atoms with van der Waals surface area (Å²) in [6, 6.07) is 14.3. The van der Waals surface area contributed by atoms with Gasteiger partial charge in [0.05, 0.1) is 16.8 Å². The van der Waals surface area contributed by atoms with Crippen LogP contribution in [0.4, 0.5) is 5.69 Å². The second-order valence-corrected chi connectivity index (χ2v) is 7.59. The van der Waals surface area contributed by atoms with Gasteiger partial charge >= 0.3 is 0 Å². The second kappa shape index (κ2) is 8.20. The van der Waals surface area contributed by atoms with Crippen LogP contribution in [0.1, 0.15) is 32.0 Å². The van der Waals surface area contributed by atoms with E-state index in [9.17, 15) is 9.59 Å². The number of halogens is 1. The van der Waals surface area contributed by atoms with E-state index in [1.165, 1.54) is 17.8 Å². The number of rotatable bonds is 4. The molecule has 4 aromatic rings. The molecule has 2 N–H and O–H groups in total. The topological polar surface area (TPSA) is 88.9 Å². The van der Waals surface area contributed by atoms with Crippen molar-refractivity contribution in [1.82, 2.24) is 20.1 Å². The molecule has 0 unspecified atom stereocenters. The van der Waals surface area contributed by atoms with Gasteiger partial charge in [-0.25, -0.2) is 9.67 Å². The van der Waals surface area contributed by atoms with Gasteiger partial charge in [0.25, 0.3) is 11.8 Å². The molecule has 0 aliphatic carbocycles. The lowest BCUT2D eigenvalue weighted by molar-refractivity contribution is 0.0964. The maximum absolute atomic E-state index is 13.5. The summed E-state index contributed by atoms with van der Waals surface area (Å²) in [4.78, 5) is 30.3. The van der Waals surface area contributed by atoms with Gasteiger partial charge in [-0.1, -0.05) is 35.9 Å². The zero-order valence-corrected chi connectivity index (χ0v) is 18.0. The van der Waals surface area contributed by atoms with E-state index >= 15 is 0 Å². The standard InChI is InChI=1S/C23H20ClN5O2/c1-13-8-9-19(26-12-13)29-21(16-6-4-5-7-18(16)28-29)23(31)27-20-14(2)10-15(24)11-17(20)22(30)25-3/h4-12H,1-3H3,(H,25,30)(H,27,31). The molecule has 0 aliphatic rings. The molecule has 156 valence electrons. The second-order valence-electron chi connectivity index (χ2n) is 7.15. The number of hydrogen-bond acceptors (Lipinski definition) is 4. The lowest BCUT2D eigenvalue weighted by Gasteiger charge is -2.15. The SMILES string of the molecule is CNC(=O)c1cc(Cl)cc(C)c1NC(=O)c1c2ccccc2nn1-c1ccc(C)cn1. The van der Waals surface area contributed by atoms with E-state index < -0.39 is 5.91 Å². The highest BCUT2D eigenvalue weighted by atomic mass is 35.5. The van der Waals surface area contributed by atoms with Crippen molar-refractivity contribution in [3.05, 3.63) is 82.1 Å². The third-order valence-corrected chi connectivity index (χ3v) is 5.14. The molecule has 2 aromatic carbocycles. The minimum absolute atomic E-state index is 0.282. The van der Waals surface area contributed by atoms with Crippen molar-refractivity contribution in [3.8, 4) is 5.82 Å². The molecule has 0 aliphatic heterocycles. The van der Waals surface area contributed by atoms with Crippen molar-refractivity contribution in [1.29, 1.82) is 0 Å². The van der Waals surface area contributed by atoms with E-state index in [4.69, 9.17) is 11.6 Å². The van der Waals surface area contributed by atoms with Crippen LogP contribution < -0.4 is 10.6 Å². The van der Waals surface area contributed by atoms with Gasteiger partial charge in [0, 0.05) is 23.7 Å². The van der Waals surface area contributed by atoms with E-state index in [1.54, 1.807) is 19.2 Å². The van der Waals surface area contributed by atoms with Gasteiger partial charge in [-0.15, -0.1) is 0 Å². The van der Waals surface area contributed by atoms with Crippen LogP contribution in [0.2, 0.25) is 5.02 Å². The Balaban J connectivity index is 1.85. The van der Waals surface area contributed by atoms with Crippen molar-refractivity contribution < 1.29 is 9.59 Å². The van der Waals surface area contributed by atoms with Crippen molar-refractivity contribution >= 4 is 40.0 Å². The minimum atomic E-state index is -0.411. The maximum atomic E-state index is 13.5. The Kier molecular flexibility index (Phi) is 5.44. The average Bonchev–Trinajstić information content (AvgIpc) is 3.15. The van der Waals surface area contributed by atoms with Crippen molar-refractivity contribution in [2.24, 2.45) is 0 Å². The van der Waals surface area contributed by atoms with Gasteiger partial charge in [0.15, 0.2) is 5.82 Å². The summed E-state index contributed by atoms with van der Waals surface area (Å²) in [5.41, 5.74) is 3.33. The third kappa shape index (κ3) is 3.87. The zero-order chi connectivity index (χ0) is 22.1. The number of fused-ring (bicyclic) bond motifs is 1. The normalized spacial score (nSPS) is 10.8. The van der Waals surface area contributed by atoms with Crippen LogP contribution in [0.15, 0.2) is 54.7 Å². The minimum Gasteiger partial charge on any atom is -0.355 e. The third-order valence-electron chi connectivity index (χ3n) is 4.92. The number of amides is 2. The number of pyridine rings is 1. The number of carbonyl (C=O) groups excluding carboxylic acids is 2. The largest absolute Gasteiger partial charge is 0.355 e. The van der Waals surface area contributed by atoms with Gasteiger partial charge in [0.1, 0.15) is 5.69 Å².